The van der Waals surface area contributed by atoms with E-state index in [0.29, 0.717) is 5.02 Å². The lowest BCUT2D eigenvalue weighted by atomic mass is 10.1. The third-order valence-corrected chi connectivity index (χ3v) is 4.00. The number of carbonyl (C=O) groups excluding carboxylic acids is 1. The average molecular weight is 375 g/mol. The highest BCUT2D eigenvalue weighted by Crippen LogP contribution is 2.31. The first kappa shape index (κ1) is 17.4. The number of amides is 1. The standard InChI is InChI=1S/C15H10Cl3NO4/c1-23-13-6-12(11(18)5-8(13)15(21)22)19-14(20)7-2-3-9(16)10(17)4-7/h2-6H,1H3,(H,19,20)(H,21,22). The number of carboxylic acids is 1. The molecule has 0 aliphatic rings. The molecule has 8 heteroatoms. The predicted molar refractivity (Wildman–Crippen MR) is 89.4 cm³/mol. The van der Waals surface area contributed by atoms with E-state index < -0.39 is 11.9 Å². The first-order valence-electron chi connectivity index (χ1n) is 6.20. The minimum absolute atomic E-state index is 0.0663. The Balaban J connectivity index is 2.34. The molecule has 0 saturated carbocycles. The van der Waals surface area contributed by atoms with Crippen molar-refractivity contribution in [1.82, 2.24) is 0 Å². The van der Waals surface area contributed by atoms with Crippen LogP contribution in [0, 0.1) is 0 Å². The lowest BCUT2D eigenvalue weighted by Gasteiger charge is -2.12. The summed E-state index contributed by atoms with van der Waals surface area (Å²) in [4.78, 5) is 23.3. The topological polar surface area (TPSA) is 75.6 Å². The maximum Gasteiger partial charge on any atom is 0.339 e. The van der Waals surface area contributed by atoms with Crippen molar-refractivity contribution in [2.45, 2.75) is 0 Å². The molecule has 0 radical (unpaired) electrons. The monoisotopic (exact) mass is 373 g/mol. The van der Waals surface area contributed by atoms with E-state index in [-0.39, 0.29) is 32.6 Å². The molecule has 0 saturated heterocycles. The van der Waals surface area contributed by atoms with Crippen LogP contribution in [0.1, 0.15) is 20.7 Å². The summed E-state index contributed by atoms with van der Waals surface area (Å²) in [6.45, 7) is 0. The van der Waals surface area contributed by atoms with Crippen LogP contribution in [0.3, 0.4) is 0 Å². The van der Waals surface area contributed by atoms with E-state index in [4.69, 9.17) is 44.6 Å². The molecule has 1 amide bonds. The Kier molecular flexibility index (Phi) is 5.36. The zero-order valence-corrected chi connectivity index (χ0v) is 14.0. The summed E-state index contributed by atoms with van der Waals surface area (Å²) < 4.78 is 5.00. The number of anilines is 1. The molecule has 0 aliphatic heterocycles. The maximum atomic E-state index is 12.2. The number of halogens is 3. The molecule has 0 fully saturated rings. The van der Waals surface area contributed by atoms with Gasteiger partial charge in [-0.25, -0.2) is 4.79 Å². The van der Waals surface area contributed by atoms with Gasteiger partial charge in [0.05, 0.1) is 27.9 Å². The Bertz CT molecular complexity index is 793. The summed E-state index contributed by atoms with van der Waals surface area (Å²) in [6, 6.07) is 6.94. The molecule has 2 aromatic rings. The highest BCUT2D eigenvalue weighted by Gasteiger charge is 2.17. The first-order valence-corrected chi connectivity index (χ1v) is 7.34. The molecule has 2 N–H and O–H groups in total. The number of nitrogens with one attached hydrogen (secondary N) is 1. The zero-order chi connectivity index (χ0) is 17.1. The van der Waals surface area contributed by atoms with Gasteiger partial charge < -0.3 is 15.2 Å². The third-order valence-electron chi connectivity index (χ3n) is 2.95. The number of rotatable bonds is 4. The number of aromatic carboxylic acids is 1. The predicted octanol–water partition coefficient (Wildman–Crippen LogP) is 4.61. The zero-order valence-electron chi connectivity index (χ0n) is 11.7. The van der Waals surface area contributed by atoms with Gasteiger partial charge in [0, 0.05) is 11.6 Å². The second-order valence-electron chi connectivity index (χ2n) is 4.42. The number of ether oxygens (including phenoxy) is 1. The van der Waals surface area contributed by atoms with Crippen LogP contribution in [-0.2, 0) is 0 Å². The molecule has 0 spiro atoms. The lowest BCUT2D eigenvalue weighted by Crippen LogP contribution is -2.13. The van der Waals surface area contributed by atoms with Crippen LogP contribution < -0.4 is 10.1 Å². The quantitative estimate of drug-likeness (QED) is 0.819. The first-order chi connectivity index (χ1) is 10.8. The summed E-state index contributed by atoms with van der Waals surface area (Å²) >= 11 is 17.7. The normalized spacial score (nSPS) is 10.3. The number of carbonyl (C=O) groups is 2. The Morgan fingerprint density at radius 1 is 1.04 bits per heavy atom. The van der Waals surface area contributed by atoms with Gasteiger partial charge in [-0.15, -0.1) is 0 Å². The summed E-state index contributed by atoms with van der Waals surface area (Å²) in [6.07, 6.45) is 0. The molecule has 0 unspecified atom stereocenters. The van der Waals surface area contributed by atoms with E-state index in [1.165, 1.54) is 37.4 Å². The number of methoxy groups -OCH3 is 1. The van der Waals surface area contributed by atoms with E-state index in [1.807, 2.05) is 0 Å². The SMILES string of the molecule is COc1cc(NC(=O)c2ccc(Cl)c(Cl)c2)c(Cl)cc1C(=O)O. The summed E-state index contributed by atoms with van der Waals surface area (Å²) in [5.41, 5.74) is 0.381. The van der Waals surface area contributed by atoms with Crippen LogP contribution in [0.4, 0.5) is 5.69 Å². The largest absolute Gasteiger partial charge is 0.496 e. The lowest BCUT2D eigenvalue weighted by molar-refractivity contribution is 0.0693. The highest BCUT2D eigenvalue weighted by molar-refractivity contribution is 6.42. The molecule has 0 aromatic heterocycles. The van der Waals surface area contributed by atoms with Crippen molar-refractivity contribution in [1.29, 1.82) is 0 Å². The van der Waals surface area contributed by atoms with Gasteiger partial charge in [-0.05, 0) is 24.3 Å². The fraction of sp³-hybridized carbons (Fsp3) is 0.0667. The fourth-order valence-corrected chi connectivity index (χ4v) is 2.33. The van der Waals surface area contributed by atoms with E-state index in [2.05, 4.69) is 5.32 Å². The van der Waals surface area contributed by atoms with E-state index in [0.717, 1.165) is 0 Å². The van der Waals surface area contributed by atoms with Gasteiger partial charge in [0.25, 0.3) is 5.91 Å². The molecule has 23 heavy (non-hydrogen) atoms. The molecule has 0 aliphatic carbocycles. The Morgan fingerprint density at radius 2 is 1.74 bits per heavy atom. The molecule has 2 aromatic carbocycles. The molecule has 120 valence electrons. The van der Waals surface area contributed by atoms with Crippen LogP contribution in [-0.4, -0.2) is 24.1 Å². The van der Waals surface area contributed by atoms with Crippen molar-refractivity contribution < 1.29 is 19.4 Å². The van der Waals surface area contributed by atoms with Crippen molar-refractivity contribution in [2.24, 2.45) is 0 Å². The Hall–Kier alpha value is -1.95. The fourth-order valence-electron chi connectivity index (χ4n) is 1.82. The molecular formula is C15H10Cl3NO4. The second kappa shape index (κ2) is 7.08. The highest BCUT2D eigenvalue weighted by atomic mass is 35.5. The molecule has 2 rings (SSSR count). The van der Waals surface area contributed by atoms with Gasteiger partial charge in [-0.2, -0.15) is 0 Å². The van der Waals surface area contributed by atoms with Crippen LogP contribution >= 0.6 is 34.8 Å². The summed E-state index contributed by atoms with van der Waals surface area (Å²) in [5, 5.41) is 12.3. The van der Waals surface area contributed by atoms with Crippen molar-refractivity contribution >= 4 is 52.4 Å². The van der Waals surface area contributed by atoms with E-state index >= 15 is 0 Å². The average Bonchev–Trinajstić information content (AvgIpc) is 2.51. The van der Waals surface area contributed by atoms with Crippen LogP contribution in [0.2, 0.25) is 15.1 Å². The smallest absolute Gasteiger partial charge is 0.339 e. The van der Waals surface area contributed by atoms with Crippen molar-refractivity contribution in [3.8, 4) is 5.75 Å². The number of hydrogen-bond acceptors (Lipinski definition) is 3. The Labute approximate surface area is 146 Å². The second-order valence-corrected chi connectivity index (χ2v) is 5.64. The molecule has 0 atom stereocenters. The van der Waals surface area contributed by atoms with Crippen LogP contribution in [0.5, 0.6) is 5.75 Å². The van der Waals surface area contributed by atoms with Gasteiger partial charge in [0.1, 0.15) is 11.3 Å². The van der Waals surface area contributed by atoms with Gasteiger partial charge in [-0.1, -0.05) is 34.8 Å². The summed E-state index contributed by atoms with van der Waals surface area (Å²) in [7, 11) is 1.32. The van der Waals surface area contributed by atoms with Gasteiger partial charge in [-0.3, -0.25) is 4.79 Å². The third kappa shape index (κ3) is 3.88. The van der Waals surface area contributed by atoms with Crippen LogP contribution in [0.15, 0.2) is 30.3 Å². The van der Waals surface area contributed by atoms with Crippen molar-refractivity contribution in [3.05, 3.63) is 56.5 Å². The van der Waals surface area contributed by atoms with E-state index in [9.17, 15) is 9.59 Å². The van der Waals surface area contributed by atoms with Gasteiger partial charge in [0.2, 0.25) is 0 Å². The summed E-state index contributed by atoms with van der Waals surface area (Å²) in [5.74, 6) is -1.59. The van der Waals surface area contributed by atoms with Crippen molar-refractivity contribution in [3.63, 3.8) is 0 Å². The van der Waals surface area contributed by atoms with Gasteiger partial charge in [0.15, 0.2) is 0 Å². The molecular weight excluding hydrogens is 365 g/mol. The maximum absolute atomic E-state index is 12.2. The van der Waals surface area contributed by atoms with Crippen LogP contribution in [0.25, 0.3) is 0 Å². The Morgan fingerprint density at radius 3 is 2.30 bits per heavy atom. The molecule has 0 bridgehead atoms. The van der Waals surface area contributed by atoms with E-state index in [1.54, 1.807) is 0 Å². The minimum Gasteiger partial charge on any atom is -0.496 e. The molecule has 0 heterocycles. The number of carboxylic acid groups (broad SMARTS) is 1. The molecule has 5 nitrogen and oxygen atoms in total. The minimum atomic E-state index is -1.19. The number of benzene rings is 2. The number of hydrogen-bond donors (Lipinski definition) is 2. The van der Waals surface area contributed by atoms with Crippen molar-refractivity contribution in [2.75, 3.05) is 12.4 Å². The van der Waals surface area contributed by atoms with Gasteiger partial charge >= 0.3 is 5.97 Å².